The molecule has 0 saturated heterocycles. The molecule has 0 heterocycles. The van der Waals surface area contributed by atoms with E-state index in [2.05, 4.69) is 0 Å². The first-order chi connectivity index (χ1) is 5.07. The van der Waals surface area contributed by atoms with Gasteiger partial charge >= 0.3 is 0 Å². The Morgan fingerprint density at radius 2 is 2.27 bits per heavy atom. The van der Waals surface area contributed by atoms with Crippen molar-refractivity contribution in [1.29, 1.82) is 0 Å². The highest BCUT2D eigenvalue weighted by Crippen LogP contribution is 2.08. The monoisotopic (exact) mass is 177 g/mol. The van der Waals surface area contributed by atoms with E-state index in [1.54, 1.807) is 6.92 Å². The van der Waals surface area contributed by atoms with E-state index in [4.69, 9.17) is 0 Å². The van der Waals surface area contributed by atoms with Gasteiger partial charge in [-0.25, -0.2) is 0 Å². The van der Waals surface area contributed by atoms with Gasteiger partial charge in [-0.3, -0.25) is 14.9 Å². The van der Waals surface area contributed by atoms with E-state index in [-0.39, 0.29) is 10.0 Å². The van der Waals surface area contributed by atoms with Crippen molar-refractivity contribution < 1.29 is 9.72 Å². The van der Waals surface area contributed by atoms with E-state index in [1.165, 1.54) is 6.92 Å². The smallest absolute Gasteiger partial charge is 0.222 e. The summed E-state index contributed by atoms with van der Waals surface area (Å²) in [4.78, 5) is 20.3. The summed E-state index contributed by atoms with van der Waals surface area (Å²) in [5.41, 5.74) is 0. The summed E-state index contributed by atoms with van der Waals surface area (Å²) in [6, 6.07) is -0.580. The Kier molecular flexibility index (Phi) is 4.85. The number of carbonyl (C=O) groups excluding carboxylic acids is 1. The molecule has 1 atom stereocenters. The minimum absolute atomic E-state index is 0.0645. The summed E-state index contributed by atoms with van der Waals surface area (Å²) in [6.07, 6.45) is 0.479. The Balaban J connectivity index is 3.70. The van der Waals surface area contributed by atoms with Gasteiger partial charge in [-0.15, -0.1) is 0 Å². The quantitative estimate of drug-likeness (QED) is 0.480. The topological polar surface area (TPSA) is 60.2 Å². The third-order valence-corrected chi connectivity index (χ3v) is 2.21. The van der Waals surface area contributed by atoms with Crippen molar-refractivity contribution in [3.8, 4) is 0 Å². The third kappa shape index (κ3) is 4.78. The Morgan fingerprint density at radius 1 is 1.73 bits per heavy atom. The summed E-state index contributed by atoms with van der Waals surface area (Å²) in [6.45, 7) is 3.16. The fourth-order valence-electron chi connectivity index (χ4n) is 0.541. The second-order valence-corrected chi connectivity index (χ2v) is 3.35. The summed E-state index contributed by atoms with van der Waals surface area (Å²) < 4.78 is 0. The maximum absolute atomic E-state index is 10.4. The van der Waals surface area contributed by atoms with Crippen molar-refractivity contribution >= 4 is 16.9 Å². The maximum atomic E-state index is 10.4. The molecule has 0 unspecified atom stereocenters. The van der Waals surface area contributed by atoms with Crippen molar-refractivity contribution in [2.24, 2.45) is 0 Å². The van der Waals surface area contributed by atoms with Gasteiger partial charge in [-0.2, -0.15) is 0 Å². The zero-order chi connectivity index (χ0) is 8.85. The number of rotatable bonds is 4. The second kappa shape index (κ2) is 5.12. The molecule has 0 aromatic heterocycles. The number of hydrogen-bond acceptors (Lipinski definition) is 4. The number of nitrogens with zero attached hydrogens (tertiary/aromatic N) is 1. The molecule has 4 nitrogen and oxygen atoms in total. The van der Waals surface area contributed by atoms with Gasteiger partial charge < -0.3 is 0 Å². The van der Waals surface area contributed by atoms with Gasteiger partial charge in [0, 0.05) is 18.3 Å². The van der Waals surface area contributed by atoms with Gasteiger partial charge in [0.1, 0.15) is 0 Å². The Labute approximate surface area is 69.5 Å². The van der Waals surface area contributed by atoms with Crippen LogP contribution >= 0.6 is 11.8 Å². The zero-order valence-corrected chi connectivity index (χ0v) is 7.39. The molecule has 0 aromatic rings. The van der Waals surface area contributed by atoms with Gasteiger partial charge in [0.2, 0.25) is 6.04 Å². The van der Waals surface area contributed by atoms with Crippen molar-refractivity contribution in [1.82, 2.24) is 0 Å². The highest BCUT2D eigenvalue weighted by Gasteiger charge is 2.17. The summed E-state index contributed by atoms with van der Waals surface area (Å²) >= 11 is 1.01. The molecule has 0 bridgehead atoms. The molecule has 64 valence electrons. The highest BCUT2D eigenvalue weighted by atomic mass is 32.2. The first-order valence-corrected chi connectivity index (χ1v) is 4.33. The molecule has 0 aliphatic carbocycles. The SMILES string of the molecule is CC[C@@H](CSC(C)=O)[N+](=O)[O-]. The predicted octanol–water partition coefficient (Wildman–Crippen LogP) is 1.32. The van der Waals surface area contributed by atoms with Gasteiger partial charge in [0.25, 0.3) is 0 Å². The summed E-state index contributed by atoms with van der Waals surface area (Å²) in [5.74, 6) is 0.291. The number of nitro groups is 1. The molecule has 0 spiro atoms. The Hall–Kier alpha value is -0.580. The van der Waals surface area contributed by atoms with E-state index < -0.39 is 6.04 Å². The molecular weight excluding hydrogens is 166 g/mol. The third-order valence-electron chi connectivity index (χ3n) is 1.25. The molecular formula is C6H11NO3S. The summed E-state index contributed by atoms with van der Waals surface area (Å²) in [5, 5.41) is 10.2. The lowest BCUT2D eigenvalue weighted by Gasteiger charge is -2.03. The predicted molar refractivity (Wildman–Crippen MR) is 44.2 cm³/mol. The molecule has 0 N–H and O–H groups in total. The Bertz CT molecular complexity index is 160. The fourth-order valence-corrected chi connectivity index (χ4v) is 1.33. The molecule has 0 aromatic carbocycles. The van der Waals surface area contributed by atoms with Crippen molar-refractivity contribution in [3.63, 3.8) is 0 Å². The van der Waals surface area contributed by atoms with Crippen LogP contribution in [-0.4, -0.2) is 21.8 Å². The van der Waals surface area contributed by atoms with E-state index in [0.29, 0.717) is 12.2 Å². The lowest BCUT2D eigenvalue weighted by Crippen LogP contribution is -2.21. The Morgan fingerprint density at radius 3 is 2.55 bits per heavy atom. The minimum atomic E-state index is -0.580. The molecule has 0 saturated carbocycles. The zero-order valence-electron chi connectivity index (χ0n) is 6.57. The van der Waals surface area contributed by atoms with Crippen molar-refractivity contribution in [3.05, 3.63) is 10.1 Å². The van der Waals surface area contributed by atoms with Crippen molar-refractivity contribution in [2.45, 2.75) is 26.3 Å². The fraction of sp³-hybridized carbons (Fsp3) is 0.833. The first kappa shape index (κ1) is 10.4. The molecule has 11 heavy (non-hydrogen) atoms. The molecule has 0 radical (unpaired) electrons. The van der Waals surface area contributed by atoms with Crippen molar-refractivity contribution in [2.75, 3.05) is 5.75 Å². The van der Waals surface area contributed by atoms with E-state index in [0.717, 1.165) is 11.8 Å². The minimum Gasteiger partial charge on any atom is -0.288 e. The van der Waals surface area contributed by atoms with Crippen LogP contribution in [0, 0.1) is 10.1 Å². The molecule has 0 aliphatic rings. The van der Waals surface area contributed by atoms with E-state index in [9.17, 15) is 14.9 Å². The molecule has 5 heteroatoms. The van der Waals surface area contributed by atoms with Gasteiger partial charge in [-0.1, -0.05) is 18.7 Å². The molecule has 0 aliphatic heterocycles. The lowest BCUT2D eigenvalue weighted by atomic mass is 10.3. The van der Waals surface area contributed by atoms with Gasteiger partial charge in [0.05, 0.1) is 5.75 Å². The van der Waals surface area contributed by atoms with Crippen LogP contribution in [0.1, 0.15) is 20.3 Å². The standard InChI is InChI=1S/C6H11NO3S/c1-3-6(7(9)10)4-11-5(2)8/h6H,3-4H2,1-2H3/t6-/m0/s1. The average Bonchev–Trinajstić information content (AvgIpc) is 1.87. The summed E-state index contributed by atoms with van der Waals surface area (Å²) in [7, 11) is 0. The highest BCUT2D eigenvalue weighted by molar-refractivity contribution is 8.13. The van der Waals surface area contributed by atoms with E-state index >= 15 is 0 Å². The van der Waals surface area contributed by atoms with E-state index in [1.807, 2.05) is 0 Å². The number of carbonyl (C=O) groups is 1. The van der Waals surface area contributed by atoms with Gasteiger partial charge in [-0.05, 0) is 0 Å². The van der Waals surface area contributed by atoms with Crippen LogP contribution in [0.5, 0.6) is 0 Å². The van der Waals surface area contributed by atoms with Crippen LogP contribution in [0.25, 0.3) is 0 Å². The lowest BCUT2D eigenvalue weighted by molar-refractivity contribution is -0.516. The van der Waals surface area contributed by atoms with Crippen LogP contribution in [0.15, 0.2) is 0 Å². The molecule has 0 fully saturated rings. The average molecular weight is 177 g/mol. The molecule has 0 amide bonds. The van der Waals surface area contributed by atoms with Gasteiger partial charge in [0.15, 0.2) is 5.12 Å². The largest absolute Gasteiger partial charge is 0.288 e. The number of hydrogen-bond donors (Lipinski definition) is 0. The molecule has 0 rings (SSSR count). The van der Waals surface area contributed by atoms with Crippen LogP contribution < -0.4 is 0 Å². The first-order valence-electron chi connectivity index (χ1n) is 3.34. The maximum Gasteiger partial charge on any atom is 0.222 e. The second-order valence-electron chi connectivity index (χ2n) is 2.15. The van der Waals surface area contributed by atoms with Crippen LogP contribution in [0.4, 0.5) is 0 Å². The number of thioether (sulfide) groups is 1. The van der Waals surface area contributed by atoms with Crippen LogP contribution in [-0.2, 0) is 4.79 Å². The normalized spacial score (nSPS) is 12.5. The van der Waals surface area contributed by atoms with Crippen LogP contribution in [0.2, 0.25) is 0 Å². The van der Waals surface area contributed by atoms with Crippen LogP contribution in [0.3, 0.4) is 0 Å².